The zero-order valence-electron chi connectivity index (χ0n) is 13.9. The summed E-state index contributed by atoms with van der Waals surface area (Å²) in [5.41, 5.74) is -0.0962. The molecule has 9 nitrogen and oxygen atoms in total. The van der Waals surface area contributed by atoms with Crippen LogP contribution in [0.4, 0.5) is 11.4 Å². The van der Waals surface area contributed by atoms with Gasteiger partial charge in [0.05, 0.1) is 9.82 Å². The van der Waals surface area contributed by atoms with Gasteiger partial charge in [0, 0.05) is 31.3 Å². The lowest BCUT2D eigenvalue weighted by atomic mass is 9.97. The van der Waals surface area contributed by atoms with Crippen molar-refractivity contribution in [2.24, 2.45) is 5.92 Å². The van der Waals surface area contributed by atoms with E-state index in [-0.39, 0.29) is 28.1 Å². The third-order valence-corrected chi connectivity index (χ3v) is 5.15. The summed E-state index contributed by atoms with van der Waals surface area (Å²) in [5, 5.41) is 20.0. The summed E-state index contributed by atoms with van der Waals surface area (Å²) in [6.45, 7) is 2.29. The molecule has 3 N–H and O–H groups in total. The third-order valence-electron chi connectivity index (χ3n) is 4.04. The highest BCUT2D eigenvalue weighted by atomic mass is 32.2. The molecule has 1 amide bonds. The molecule has 0 spiro atoms. The summed E-state index contributed by atoms with van der Waals surface area (Å²) in [6.07, 6.45) is 2.60. The molecular formula is C15H22N4O5S. The molecule has 0 saturated carbocycles. The minimum Gasteiger partial charge on any atom is -0.378 e. The number of nitrogens with one attached hydrogen (secondary N) is 3. The quantitative estimate of drug-likeness (QED) is 0.362. The molecule has 0 aromatic heterocycles. The Kier molecular flexibility index (Phi) is 6.32. The normalized spacial score (nSPS) is 15.6. The van der Waals surface area contributed by atoms with Gasteiger partial charge in [-0.05, 0) is 38.1 Å². The molecule has 0 bridgehead atoms. The minimum atomic E-state index is -3.52. The van der Waals surface area contributed by atoms with Gasteiger partial charge in [0.1, 0.15) is 5.69 Å². The molecule has 138 valence electrons. The van der Waals surface area contributed by atoms with Crippen LogP contribution in [-0.4, -0.2) is 51.7 Å². The number of nitrogens with zero attached hydrogens (tertiary/aromatic N) is 1. The number of carbonyl (C=O) groups is 1. The van der Waals surface area contributed by atoms with Gasteiger partial charge >= 0.3 is 0 Å². The second-order valence-corrected chi connectivity index (χ2v) is 7.97. The summed E-state index contributed by atoms with van der Waals surface area (Å²) in [6, 6.07) is 3.71. The summed E-state index contributed by atoms with van der Waals surface area (Å²) in [5.74, 6) is -0.00476. The molecular weight excluding hydrogens is 348 g/mol. The first-order valence-electron chi connectivity index (χ1n) is 8.00. The van der Waals surface area contributed by atoms with Crippen LogP contribution in [0.25, 0.3) is 0 Å². The zero-order chi connectivity index (χ0) is 18.4. The number of rotatable bonds is 7. The van der Waals surface area contributed by atoms with Gasteiger partial charge < -0.3 is 16.0 Å². The van der Waals surface area contributed by atoms with Gasteiger partial charge in [0.2, 0.25) is 5.91 Å². The van der Waals surface area contributed by atoms with E-state index in [1.807, 2.05) is 0 Å². The van der Waals surface area contributed by atoms with Crippen LogP contribution in [0.1, 0.15) is 12.8 Å². The van der Waals surface area contributed by atoms with Crippen molar-refractivity contribution >= 4 is 27.1 Å². The molecule has 1 aliphatic heterocycles. The van der Waals surface area contributed by atoms with Crippen molar-refractivity contribution in [2.75, 3.05) is 37.8 Å². The lowest BCUT2D eigenvalue weighted by Gasteiger charge is -2.21. The van der Waals surface area contributed by atoms with Crippen LogP contribution in [0.15, 0.2) is 23.1 Å². The van der Waals surface area contributed by atoms with Gasteiger partial charge in [0.15, 0.2) is 9.84 Å². The molecule has 1 saturated heterocycles. The topological polar surface area (TPSA) is 130 Å². The molecule has 0 aliphatic carbocycles. The highest BCUT2D eigenvalue weighted by molar-refractivity contribution is 7.90. The minimum absolute atomic E-state index is 0.00429. The van der Waals surface area contributed by atoms with Gasteiger partial charge in [0.25, 0.3) is 5.69 Å². The number of nitro groups is 1. The highest BCUT2D eigenvalue weighted by Gasteiger charge is 2.21. The first-order valence-corrected chi connectivity index (χ1v) is 9.89. The van der Waals surface area contributed by atoms with Crippen LogP contribution >= 0.6 is 0 Å². The number of carbonyl (C=O) groups excluding carboxylic acids is 1. The molecule has 0 unspecified atom stereocenters. The van der Waals surface area contributed by atoms with Crippen molar-refractivity contribution in [1.82, 2.24) is 10.6 Å². The summed E-state index contributed by atoms with van der Waals surface area (Å²) >= 11 is 0. The molecule has 2 rings (SSSR count). The standard InChI is InChI=1S/C15H22N4O5S/c1-25(23,24)12-2-3-13(14(10-12)19(21)22)17-8-9-18-15(20)11-4-6-16-7-5-11/h2-3,10-11,16-17H,4-9H2,1H3,(H,18,20). The van der Waals surface area contributed by atoms with E-state index in [0.717, 1.165) is 38.3 Å². The third kappa shape index (κ3) is 5.40. The van der Waals surface area contributed by atoms with E-state index in [9.17, 15) is 23.3 Å². The van der Waals surface area contributed by atoms with Crippen molar-refractivity contribution in [3.05, 3.63) is 28.3 Å². The Labute approximate surface area is 146 Å². The van der Waals surface area contributed by atoms with Crippen molar-refractivity contribution in [1.29, 1.82) is 0 Å². The number of anilines is 1. The van der Waals surface area contributed by atoms with E-state index in [1.54, 1.807) is 0 Å². The molecule has 25 heavy (non-hydrogen) atoms. The molecule has 1 aromatic carbocycles. The summed E-state index contributed by atoms with van der Waals surface area (Å²) in [7, 11) is -3.52. The van der Waals surface area contributed by atoms with E-state index in [1.165, 1.54) is 12.1 Å². The van der Waals surface area contributed by atoms with E-state index >= 15 is 0 Å². The van der Waals surface area contributed by atoms with Crippen LogP contribution in [-0.2, 0) is 14.6 Å². The molecule has 0 atom stereocenters. The maximum atomic E-state index is 12.0. The fraction of sp³-hybridized carbons (Fsp3) is 0.533. The van der Waals surface area contributed by atoms with Crippen molar-refractivity contribution < 1.29 is 18.1 Å². The fourth-order valence-electron chi connectivity index (χ4n) is 2.65. The molecule has 1 fully saturated rings. The first kappa shape index (κ1) is 19.1. The van der Waals surface area contributed by atoms with Gasteiger partial charge in [-0.15, -0.1) is 0 Å². The van der Waals surface area contributed by atoms with Gasteiger partial charge in [-0.3, -0.25) is 14.9 Å². The molecule has 1 aromatic rings. The average Bonchev–Trinajstić information content (AvgIpc) is 2.58. The molecule has 1 heterocycles. The maximum absolute atomic E-state index is 12.0. The predicted molar refractivity (Wildman–Crippen MR) is 93.3 cm³/mol. The second kappa shape index (κ2) is 8.26. The number of benzene rings is 1. The highest BCUT2D eigenvalue weighted by Crippen LogP contribution is 2.27. The van der Waals surface area contributed by atoms with Crippen LogP contribution in [0, 0.1) is 16.0 Å². The Bertz CT molecular complexity index is 744. The Morgan fingerprint density at radius 3 is 2.60 bits per heavy atom. The lowest BCUT2D eigenvalue weighted by molar-refractivity contribution is -0.384. The number of nitro benzene ring substituents is 1. The Morgan fingerprint density at radius 1 is 1.32 bits per heavy atom. The lowest BCUT2D eigenvalue weighted by Crippen LogP contribution is -2.39. The largest absolute Gasteiger partial charge is 0.378 e. The fourth-order valence-corrected chi connectivity index (χ4v) is 3.29. The van der Waals surface area contributed by atoms with Crippen molar-refractivity contribution in [3.8, 4) is 0 Å². The number of piperidine rings is 1. The Hall–Kier alpha value is -2.20. The van der Waals surface area contributed by atoms with E-state index in [4.69, 9.17) is 0 Å². The number of amides is 1. The van der Waals surface area contributed by atoms with Crippen LogP contribution < -0.4 is 16.0 Å². The monoisotopic (exact) mass is 370 g/mol. The number of sulfone groups is 1. The predicted octanol–water partition coefficient (Wildman–Crippen LogP) is 0.526. The number of hydrogen-bond acceptors (Lipinski definition) is 7. The Morgan fingerprint density at radius 2 is 2.00 bits per heavy atom. The van der Waals surface area contributed by atoms with E-state index in [0.29, 0.717) is 13.1 Å². The zero-order valence-corrected chi connectivity index (χ0v) is 14.8. The Balaban J connectivity index is 1.91. The second-order valence-electron chi connectivity index (χ2n) is 5.95. The average molecular weight is 370 g/mol. The van der Waals surface area contributed by atoms with Gasteiger partial charge in [-0.25, -0.2) is 8.42 Å². The summed E-state index contributed by atoms with van der Waals surface area (Å²) < 4.78 is 23.0. The van der Waals surface area contributed by atoms with E-state index in [2.05, 4.69) is 16.0 Å². The SMILES string of the molecule is CS(=O)(=O)c1ccc(NCCNC(=O)C2CCNCC2)c([N+](=O)[O-])c1. The van der Waals surface area contributed by atoms with Crippen LogP contribution in [0.2, 0.25) is 0 Å². The molecule has 0 radical (unpaired) electrons. The molecule has 10 heteroatoms. The van der Waals surface area contributed by atoms with Gasteiger partial charge in [-0.2, -0.15) is 0 Å². The van der Waals surface area contributed by atoms with Gasteiger partial charge in [-0.1, -0.05) is 0 Å². The molecule has 1 aliphatic rings. The van der Waals surface area contributed by atoms with E-state index < -0.39 is 14.8 Å². The maximum Gasteiger partial charge on any atom is 0.293 e. The smallest absolute Gasteiger partial charge is 0.293 e. The van der Waals surface area contributed by atoms with Crippen LogP contribution in [0.3, 0.4) is 0 Å². The van der Waals surface area contributed by atoms with Crippen molar-refractivity contribution in [2.45, 2.75) is 17.7 Å². The van der Waals surface area contributed by atoms with Crippen molar-refractivity contribution in [3.63, 3.8) is 0 Å². The van der Waals surface area contributed by atoms with Crippen LogP contribution in [0.5, 0.6) is 0 Å². The summed E-state index contributed by atoms with van der Waals surface area (Å²) in [4.78, 5) is 22.4. The number of hydrogen-bond donors (Lipinski definition) is 3. The first-order chi connectivity index (χ1) is 11.8.